The number of aliphatic hydroxyl groups is 1. The van der Waals surface area contributed by atoms with Crippen LogP contribution in [-0.2, 0) is 21.3 Å². The molecule has 2 heterocycles. The second kappa shape index (κ2) is 11.9. The number of pyridine rings is 1. The Morgan fingerprint density at radius 3 is 2.42 bits per heavy atom. The molecule has 0 atom stereocenters. The fraction of sp³-hybridized carbons (Fsp3) is 0.346. The van der Waals surface area contributed by atoms with Crippen LogP contribution in [0.5, 0.6) is 11.5 Å². The highest BCUT2D eigenvalue weighted by molar-refractivity contribution is 7.93. The number of anilines is 2. The third kappa shape index (κ3) is 5.64. The molecule has 0 saturated carbocycles. The van der Waals surface area contributed by atoms with Gasteiger partial charge in [0.1, 0.15) is 32.8 Å². The second-order valence-electron chi connectivity index (χ2n) is 9.06. The number of benzene rings is 2. The highest BCUT2D eigenvalue weighted by Gasteiger charge is 2.45. The molecule has 1 aromatic heterocycles. The number of nitrogens with zero attached hydrogens (tertiary/aromatic N) is 3. The van der Waals surface area contributed by atoms with E-state index in [-0.39, 0.29) is 37.0 Å². The Labute approximate surface area is 240 Å². The van der Waals surface area contributed by atoms with Gasteiger partial charge in [0.25, 0.3) is 10.0 Å². The lowest BCUT2D eigenvalue weighted by molar-refractivity contribution is -0.0488. The molecule has 1 saturated heterocycles. The first-order chi connectivity index (χ1) is 19.0. The lowest BCUT2D eigenvalue weighted by Gasteiger charge is -2.50. The van der Waals surface area contributed by atoms with Crippen molar-refractivity contribution in [1.29, 1.82) is 0 Å². The summed E-state index contributed by atoms with van der Waals surface area (Å²) in [6.45, 7) is 0.0415. The fourth-order valence-corrected chi connectivity index (χ4v) is 6.83. The van der Waals surface area contributed by atoms with Gasteiger partial charge in [-0.05, 0) is 30.3 Å². The Morgan fingerprint density at radius 2 is 1.82 bits per heavy atom. The Morgan fingerprint density at radius 1 is 1.10 bits per heavy atom. The molecule has 216 valence electrons. The molecule has 3 aromatic rings. The van der Waals surface area contributed by atoms with Crippen LogP contribution >= 0.6 is 23.2 Å². The van der Waals surface area contributed by atoms with Crippen molar-refractivity contribution in [2.45, 2.75) is 23.5 Å². The van der Waals surface area contributed by atoms with E-state index in [1.807, 2.05) is 0 Å². The van der Waals surface area contributed by atoms with E-state index in [0.29, 0.717) is 17.7 Å². The Bertz CT molecular complexity index is 1510. The number of sulfonamides is 1. The smallest absolute Gasteiger partial charge is 0.270 e. The summed E-state index contributed by atoms with van der Waals surface area (Å²) in [4.78, 5) is 4.49. The minimum absolute atomic E-state index is 0.107. The fourth-order valence-electron chi connectivity index (χ4n) is 4.52. The first-order valence-electron chi connectivity index (χ1n) is 11.9. The van der Waals surface area contributed by atoms with Crippen molar-refractivity contribution in [3.63, 3.8) is 0 Å². The molecule has 14 heteroatoms. The van der Waals surface area contributed by atoms with Gasteiger partial charge < -0.3 is 24.2 Å². The van der Waals surface area contributed by atoms with Crippen LogP contribution < -0.4 is 18.7 Å². The van der Waals surface area contributed by atoms with Gasteiger partial charge in [0.05, 0.1) is 31.5 Å². The molecular formula is C26H27Cl2F2N3O6S. The van der Waals surface area contributed by atoms with Crippen LogP contribution in [0.15, 0.2) is 47.4 Å². The summed E-state index contributed by atoms with van der Waals surface area (Å²) in [5.41, 5.74) is -0.123. The molecule has 1 aliphatic heterocycles. The second-order valence-corrected chi connectivity index (χ2v) is 11.6. The molecule has 1 N–H and O–H groups in total. The molecular weight excluding hydrogens is 591 g/mol. The first kappa shape index (κ1) is 30.1. The molecule has 40 heavy (non-hydrogen) atoms. The SMILES string of the molecule is COc1ccc(CN(c2cccc(F)n2)S(=O)(=O)c2c(Cl)cc(N3CC(CCO)(OC)C3)c(Cl)c2F)c(OC)c1. The highest BCUT2D eigenvalue weighted by Crippen LogP contribution is 2.43. The molecule has 0 radical (unpaired) electrons. The van der Waals surface area contributed by atoms with Crippen molar-refractivity contribution < 1.29 is 36.5 Å². The number of hydrogen-bond acceptors (Lipinski definition) is 8. The van der Waals surface area contributed by atoms with E-state index < -0.39 is 48.9 Å². The van der Waals surface area contributed by atoms with E-state index in [1.165, 1.54) is 39.5 Å². The quantitative estimate of drug-likeness (QED) is 0.245. The zero-order valence-corrected chi connectivity index (χ0v) is 24.2. The molecule has 0 unspecified atom stereocenters. The summed E-state index contributed by atoms with van der Waals surface area (Å²) in [7, 11) is -0.456. The van der Waals surface area contributed by atoms with Crippen molar-refractivity contribution >= 4 is 44.7 Å². The number of hydrogen-bond donors (Lipinski definition) is 1. The zero-order chi connectivity index (χ0) is 29.2. The van der Waals surface area contributed by atoms with Crippen molar-refractivity contribution in [2.75, 3.05) is 50.2 Å². The lowest BCUT2D eigenvalue weighted by Crippen LogP contribution is -2.63. The van der Waals surface area contributed by atoms with E-state index in [1.54, 1.807) is 23.1 Å². The molecule has 2 aromatic carbocycles. The summed E-state index contributed by atoms with van der Waals surface area (Å²) < 4.78 is 74.8. The minimum Gasteiger partial charge on any atom is -0.497 e. The number of aromatic nitrogens is 1. The van der Waals surface area contributed by atoms with Crippen LogP contribution in [0.3, 0.4) is 0 Å². The third-order valence-electron chi connectivity index (χ3n) is 6.71. The van der Waals surface area contributed by atoms with Gasteiger partial charge in [-0.3, -0.25) is 0 Å². The maximum atomic E-state index is 15.8. The number of ether oxygens (including phenoxy) is 3. The summed E-state index contributed by atoms with van der Waals surface area (Å²) in [6, 6.07) is 9.54. The molecule has 0 aliphatic carbocycles. The van der Waals surface area contributed by atoms with Gasteiger partial charge in [0.15, 0.2) is 5.82 Å². The Kier molecular flexibility index (Phi) is 8.96. The number of rotatable bonds is 11. The maximum Gasteiger partial charge on any atom is 0.270 e. The normalized spacial score (nSPS) is 14.6. The number of methoxy groups -OCH3 is 3. The molecule has 4 rings (SSSR count). The van der Waals surface area contributed by atoms with Crippen molar-refractivity contribution in [3.8, 4) is 11.5 Å². The Balaban J connectivity index is 1.79. The maximum absolute atomic E-state index is 15.8. The van der Waals surface area contributed by atoms with Crippen LogP contribution in [0.1, 0.15) is 12.0 Å². The molecule has 1 fully saturated rings. The summed E-state index contributed by atoms with van der Waals surface area (Å²) in [5, 5.41) is 8.43. The van der Waals surface area contributed by atoms with Crippen LogP contribution in [-0.4, -0.2) is 65.1 Å². The van der Waals surface area contributed by atoms with E-state index in [2.05, 4.69) is 4.98 Å². The monoisotopic (exact) mass is 617 g/mol. The van der Waals surface area contributed by atoms with Crippen LogP contribution in [0, 0.1) is 11.8 Å². The van der Waals surface area contributed by atoms with Gasteiger partial charge in [-0.1, -0.05) is 29.3 Å². The van der Waals surface area contributed by atoms with Gasteiger partial charge in [-0.25, -0.2) is 22.1 Å². The van der Waals surface area contributed by atoms with Crippen LogP contribution in [0.2, 0.25) is 10.0 Å². The summed E-state index contributed by atoms with van der Waals surface area (Å²) >= 11 is 12.8. The van der Waals surface area contributed by atoms with Crippen LogP contribution in [0.4, 0.5) is 20.3 Å². The summed E-state index contributed by atoms with van der Waals surface area (Å²) in [6.07, 6.45) is 0.352. The Hall–Kier alpha value is -2.90. The molecule has 1 aliphatic rings. The predicted octanol–water partition coefficient (Wildman–Crippen LogP) is 4.67. The van der Waals surface area contributed by atoms with Gasteiger partial charge in [-0.2, -0.15) is 4.39 Å². The molecule has 0 spiro atoms. The zero-order valence-electron chi connectivity index (χ0n) is 21.8. The van der Waals surface area contributed by atoms with Crippen molar-refractivity contribution in [2.24, 2.45) is 0 Å². The average Bonchev–Trinajstić information content (AvgIpc) is 2.91. The van der Waals surface area contributed by atoms with E-state index in [0.717, 1.165) is 10.4 Å². The first-order valence-corrected chi connectivity index (χ1v) is 14.1. The highest BCUT2D eigenvalue weighted by atomic mass is 35.5. The van der Waals surface area contributed by atoms with Gasteiger partial charge in [0, 0.05) is 44.9 Å². The predicted molar refractivity (Wildman–Crippen MR) is 147 cm³/mol. The summed E-state index contributed by atoms with van der Waals surface area (Å²) in [5.74, 6) is -1.80. The van der Waals surface area contributed by atoms with Crippen LogP contribution in [0.25, 0.3) is 0 Å². The number of halogens is 4. The van der Waals surface area contributed by atoms with Gasteiger partial charge in [-0.15, -0.1) is 0 Å². The molecule has 0 amide bonds. The lowest BCUT2D eigenvalue weighted by atomic mass is 9.90. The minimum atomic E-state index is -4.81. The van der Waals surface area contributed by atoms with E-state index in [4.69, 9.17) is 37.4 Å². The number of aliphatic hydroxyl groups excluding tert-OH is 1. The third-order valence-corrected chi connectivity index (χ3v) is 9.29. The largest absolute Gasteiger partial charge is 0.497 e. The van der Waals surface area contributed by atoms with Gasteiger partial charge >= 0.3 is 0 Å². The van der Waals surface area contributed by atoms with E-state index >= 15 is 4.39 Å². The topological polar surface area (TPSA) is 101 Å². The van der Waals surface area contributed by atoms with E-state index in [9.17, 15) is 17.9 Å². The average molecular weight is 618 g/mol. The molecule has 9 nitrogen and oxygen atoms in total. The standard InChI is InChI=1S/C26H27Cl2F2N3O6S/c1-37-17-8-7-16(20(11-17)38-2)13-33(22-6-4-5-21(29)31-22)40(35,36)25-18(27)12-19(23(28)24(25)30)32-14-26(15-32,39-3)9-10-34/h4-8,11-12,34H,9-10,13-15H2,1-3H3. The van der Waals surface area contributed by atoms with Crippen molar-refractivity contribution in [1.82, 2.24) is 4.98 Å². The van der Waals surface area contributed by atoms with Crippen molar-refractivity contribution in [3.05, 3.63) is 69.8 Å². The van der Waals surface area contributed by atoms with Gasteiger partial charge in [0.2, 0.25) is 5.95 Å². The molecule has 0 bridgehead atoms.